The third-order valence-electron chi connectivity index (χ3n) is 5.26. The Labute approximate surface area is 118 Å². The van der Waals surface area contributed by atoms with E-state index in [9.17, 15) is 0 Å². The predicted octanol–water partition coefficient (Wildman–Crippen LogP) is 4.55. The zero-order valence-corrected chi connectivity index (χ0v) is 12.9. The molecule has 1 aliphatic heterocycles. The molecule has 0 aromatic rings. The third-order valence-corrected chi connectivity index (χ3v) is 5.26. The van der Waals surface area contributed by atoms with E-state index in [2.05, 4.69) is 37.8 Å². The monoisotopic (exact) mass is 259 g/mol. The van der Waals surface area contributed by atoms with Crippen molar-refractivity contribution >= 4 is 0 Å². The van der Waals surface area contributed by atoms with E-state index in [0.717, 1.165) is 12.0 Å². The molecule has 0 unspecified atom stereocenters. The van der Waals surface area contributed by atoms with Crippen LogP contribution in [0.25, 0.3) is 0 Å². The van der Waals surface area contributed by atoms with Gasteiger partial charge in [-0.05, 0) is 62.9 Å². The molecule has 0 aromatic carbocycles. The van der Waals surface area contributed by atoms with Gasteiger partial charge in [0.15, 0.2) is 0 Å². The minimum atomic E-state index is 0.358. The number of piperidine rings is 1. The van der Waals surface area contributed by atoms with Crippen molar-refractivity contribution in [1.82, 2.24) is 4.90 Å². The average molecular weight is 259 g/mol. The molecule has 2 fully saturated rings. The van der Waals surface area contributed by atoms with Crippen molar-refractivity contribution in [2.45, 2.75) is 65.3 Å². The van der Waals surface area contributed by atoms with Crippen LogP contribution in [-0.4, -0.2) is 24.0 Å². The first kappa shape index (κ1) is 13.4. The van der Waals surface area contributed by atoms with Crippen LogP contribution in [0.4, 0.5) is 0 Å². The van der Waals surface area contributed by atoms with E-state index >= 15 is 0 Å². The Balaban J connectivity index is 1.58. The van der Waals surface area contributed by atoms with Gasteiger partial charge in [-0.25, -0.2) is 0 Å². The van der Waals surface area contributed by atoms with Crippen molar-refractivity contribution in [3.8, 4) is 0 Å². The number of rotatable bonds is 2. The van der Waals surface area contributed by atoms with Gasteiger partial charge in [0.05, 0.1) is 0 Å². The van der Waals surface area contributed by atoms with Crippen molar-refractivity contribution in [1.29, 1.82) is 0 Å². The van der Waals surface area contributed by atoms with Crippen molar-refractivity contribution in [2.75, 3.05) is 13.1 Å². The lowest BCUT2D eigenvalue weighted by atomic mass is 9.77. The van der Waals surface area contributed by atoms with Gasteiger partial charge in [0.25, 0.3) is 0 Å². The maximum Gasteiger partial charge on any atom is 0.00964 e. The maximum absolute atomic E-state index is 2.73. The van der Waals surface area contributed by atoms with Gasteiger partial charge in [-0.2, -0.15) is 0 Å². The Hall–Kier alpha value is -0.560. The van der Waals surface area contributed by atoms with Gasteiger partial charge in [-0.15, -0.1) is 0 Å². The summed E-state index contributed by atoms with van der Waals surface area (Å²) >= 11 is 0. The van der Waals surface area contributed by atoms with Gasteiger partial charge >= 0.3 is 0 Å². The van der Waals surface area contributed by atoms with E-state index in [1.165, 1.54) is 51.6 Å². The van der Waals surface area contributed by atoms with Gasteiger partial charge in [0.1, 0.15) is 0 Å². The first-order valence-corrected chi connectivity index (χ1v) is 8.18. The van der Waals surface area contributed by atoms with E-state index in [1.807, 2.05) is 0 Å². The summed E-state index contributed by atoms with van der Waals surface area (Å²) in [6.45, 7) is 9.72. The summed E-state index contributed by atoms with van der Waals surface area (Å²) in [5.41, 5.74) is 3.73. The zero-order chi connectivity index (χ0) is 13.5. The second kappa shape index (κ2) is 5.09. The molecule has 2 aliphatic carbocycles. The van der Waals surface area contributed by atoms with Gasteiger partial charge in [-0.3, -0.25) is 0 Å². The van der Waals surface area contributed by atoms with Crippen molar-refractivity contribution < 1.29 is 0 Å². The van der Waals surface area contributed by atoms with E-state index in [0.29, 0.717) is 5.41 Å². The quantitative estimate of drug-likeness (QED) is 0.703. The molecular formula is C18H29N. The molecule has 1 saturated carbocycles. The Kier molecular flexibility index (Phi) is 3.59. The first-order valence-electron chi connectivity index (χ1n) is 8.18. The summed E-state index contributed by atoms with van der Waals surface area (Å²) in [6, 6.07) is 0.966. The van der Waals surface area contributed by atoms with E-state index < -0.39 is 0 Å². The fourth-order valence-corrected chi connectivity index (χ4v) is 3.69. The normalized spacial score (nSPS) is 27.1. The molecule has 3 aliphatic rings. The van der Waals surface area contributed by atoms with Crippen LogP contribution in [0, 0.1) is 11.3 Å². The molecule has 1 saturated heterocycles. The largest absolute Gasteiger partial charge is 0.300 e. The number of likely N-dealkylation sites (tertiary alicyclic amines) is 1. The summed E-state index contributed by atoms with van der Waals surface area (Å²) in [7, 11) is 0. The maximum atomic E-state index is 2.73. The van der Waals surface area contributed by atoms with Crippen LogP contribution in [0.2, 0.25) is 0 Å². The Bertz CT molecular complexity index is 384. The third kappa shape index (κ3) is 3.13. The smallest absolute Gasteiger partial charge is 0.00964 e. The van der Waals surface area contributed by atoms with Crippen LogP contribution in [0.3, 0.4) is 0 Å². The van der Waals surface area contributed by atoms with Gasteiger partial charge in [-0.1, -0.05) is 44.1 Å². The van der Waals surface area contributed by atoms with E-state index in [1.54, 1.807) is 11.1 Å². The van der Waals surface area contributed by atoms with Crippen LogP contribution in [0.5, 0.6) is 0 Å². The zero-order valence-electron chi connectivity index (χ0n) is 12.9. The average Bonchev–Trinajstić information content (AvgIpc) is 3.22. The SMILES string of the molecule is CC(C)(C)C1=CC=C(C2CCN(C3CC3)CC2)CC1. The highest BCUT2D eigenvalue weighted by Crippen LogP contribution is 2.38. The Morgan fingerprint density at radius 3 is 2.11 bits per heavy atom. The number of hydrogen-bond acceptors (Lipinski definition) is 1. The highest BCUT2D eigenvalue weighted by atomic mass is 15.2. The molecule has 3 rings (SSSR count). The summed E-state index contributed by atoms with van der Waals surface area (Å²) < 4.78 is 0. The topological polar surface area (TPSA) is 3.24 Å². The number of allylic oxidation sites excluding steroid dienone is 4. The molecule has 0 amide bonds. The molecule has 0 bridgehead atoms. The molecule has 1 heterocycles. The minimum Gasteiger partial charge on any atom is -0.300 e. The van der Waals surface area contributed by atoms with Crippen molar-refractivity contribution in [2.24, 2.45) is 11.3 Å². The van der Waals surface area contributed by atoms with Gasteiger partial charge in [0, 0.05) is 6.04 Å². The molecule has 1 heteroatoms. The molecule has 0 atom stereocenters. The number of nitrogens with zero attached hydrogens (tertiary/aromatic N) is 1. The van der Waals surface area contributed by atoms with Crippen molar-refractivity contribution in [3.05, 3.63) is 23.3 Å². The lowest BCUT2D eigenvalue weighted by Crippen LogP contribution is -2.36. The van der Waals surface area contributed by atoms with Gasteiger partial charge < -0.3 is 4.90 Å². The summed E-state index contributed by atoms with van der Waals surface area (Å²) in [5.74, 6) is 0.882. The van der Waals surface area contributed by atoms with Crippen molar-refractivity contribution in [3.63, 3.8) is 0 Å². The molecule has 1 nitrogen and oxygen atoms in total. The standard InChI is InChI=1S/C18H29N/c1-18(2,3)16-6-4-14(5-7-16)15-10-12-19(13-11-15)17-8-9-17/h4,6,15,17H,5,7-13H2,1-3H3. The Morgan fingerprint density at radius 1 is 0.947 bits per heavy atom. The van der Waals surface area contributed by atoms with Crippen LogP contribution < -0.4 is 0 Å². The second-order valence-corrected chi connectivity index (χ2v) is 7.72. The fourth-order valence-electron chi connectivity index (χ4n) is 3.69. The van der Waals surface area contributed by atoms with Crippen LogP contribution in [0.15, 0.2) is 23.3 Å². The molecule has 0 spiro atoms. The molecule has 0 radical (unpaired) electrons. The fraction of sp³-hybridized carbons (Fsp3) is 0.778. The highest BCUT2D eigenvalue weighted by Gasteiger charge is 2.32. The predicted molar refractivity (Wildman–Crippen MR) is 82.2 cm³/mol. The van der Waals surface area contributed by atoms with Crippen LogP contribution in [-0.2, 0) is 0 Å². The first-order chi connectivity index (χ1) is 9.04. The lowest BCUT2D eigenvalue weighted by Gasteiger charge is -2.35. The van der Waals surface area contributed by atoms with Crippen LogP contribution >= 0.6 is 0 Å². The van der Waals surface area contributed by atoms with E-state index in [4.69, 9.17) is 0 Å². The molecule has 0 aromatic heterocycles. The molecule has 0 N–H and O–H groups in total. The minimum absolute atomic E-state index is 0.358. The summed E-state index contributed by atoms with van der Waals surface area (Å²) in [6.07, 6.45) is 13.2. The molecule has 106 valence electrons. The van der Waals surface area contributed by atoms with Crippen LogP contribution in [0.1, 0.15) is 59.3 Å². The summed E-state index contributed by atoms with van der Waals surface area (Å²) in [4.78, 5) is 2.73. The molecule has 19 heavy (non-hydrogen) atoms. The van der Waals surface area contributed by atoms with E-state index in [-0.39, 0.29) is 0 Å². The molecular weight excluding hydrogens is 230 g/mol. The lowest BCUT2D eigenvalue weighted by molar-refractivity contribution is 0.188. The summed E-state index contributed by atoms with van der Waals surface area (Å²) in [5, 5.41) is 0. The highest BCUT2D eigenvalue weighted by molar-refractivity contribution is 5.28. The Morgan fingerprint density at radius 2 is 1.63 bits per heavy atom. The van der Waals surface area contributed by atoms with Gasteiger partial charge in [0.2, 0.25) is 0 Å². The second-order valence-electron chi connectivity index (χ2n) is 7.72. The number of hydrogen-bond donors (Lipinski definition) is 0.